The molecule has 0 N–H and O–H groups in total. The van der Waals surface area contributed by atoms with Crippen molar-refractivity contribution in [3.63, 3.8) is 0 Å². The predicted molar refractivity (Wildman–Crippen MR) is 58.7 cm³/mol. The van der Waals surface area contributed by atoms with Crippen LogP contribution in [-0.2, 0) is 11.2 Å². The molecule has 0 unspecified atom stereocenters. The molecule has 0 saturated carbocycles. The van der Waals surface area contributed by atoms with Crippen LogP contribution >= 0.6 is 11.8 Å². The molecule has 0 aromatic heterocycles. The van der Waals surface area contributed by atoms with Gasteiger partial charge in [-0.15, -0.1) is 0 Å². The number of rotatable bonds is 4. The Morgan fingerprint density at radius 1 is 1.36 bits per heavy atom. The van der Waals surface area contributed by atoms with Gasteiger partial charge in [0.15, 0.2) is 5.12 Å². The molecule has 0 fully saturated rings. The Balaban J connectivity index is 2.43. The summed E-state index contributed by atoms with van der Waals surface area (Å²) in [6.45, 7) is 1.57. The maximum Gasteiger partial charge on any atom is 0.185 e. The van der Waals surface area contributed by atoms with Gasteiger partial charge in [0.25, 0.3) is 0 Å². The third-order valence-electron chi connectivity index (χ3n) is 1.81. The molecule has 0 heterocycles. The van der Waals surface area contributed by atoms with E-state index >= 15 is 0 Å². The van der Waals surface area contributed by atoms with E-state index in [4.69, 9.17) is 0 Å². The minimum Gasteiger partial charge on any atom is -0.298 e. The summed E-state index contributed by atoms with van der Waals surface area (Å²) in [6.07, 6.45) is 1.69. The van der Waals surface area contributed by atoms with Crippen molar-refractivity contribution >= 4 is 23.2 Å². The van der Waals surface area contributed by atoms with E-state index in [1.807, 2.05) is 12.1 Å². The van der Waals surface area contributed by atoms with E-state index in [9.17, 15) is 9.59 Å². The number of carbonyl (C=O) groups is 2. The lowest BCUT2D eigenvalue weighted by atomic mass is 10.1. The highest BCUT2D eigenvalue weighted by Crippen LogP contribution is 2.08. The van der Waals surface area contributed by atoms with E-state index in [0.717, 1.165) is 24.0 Å². The molecule has 1 aromatic rings. The van der Waals surface area contributed by atoms with Crippen LogP contribution in [0.2, 0.25) is 0 Å². The lowest BCUT2D eigenvalue weighted by Gasteiger charge is -1.99. The van der Waals surface area contributed by atoms with Gasteiger partial charge < -0.3 is 0 Å². The molecule has 0 bridgehead atoms. The summed E-state index contributed by atoms with van der Waals surface area (Å²) in [5.41, 5.74) is 1.84. The van der Waals surface area contributed by atoms with Crippen LogP contribution in [-0.4, -0.2) is 17.2 Å². The van der Waals surface area contributed by atoms with Crippen LogP contribution in [0.4, 0.5) is 0 Å². The first-order valence-electron chi connectivity index (χ1n) is 4.40. The Labute approximate surface area is 87.7 Å². The minimum atomic E-state index is 0.148. The lowest BCUT2D eigenvalue weighted by molar-refractivity contribution is -0.109. The van der Waals surface area contributed by atoms with E-state index in [0.29, 0.717) is 5.56 Å². The average molecular weight is 208 g/mol. The molecule has 0 aliphatic carbocycles. The molecule has 1 aromatic carbocycles. The van der Waals surface area contributed by atoms with Crippen molar-refractivity contribution in [1.82, 2.24) is 0 Å². The number of carbonyl (C=O) groups excluding carboxylic acids is 2. The van der Waals surface area contributed by atoms with Crippen LogP contribution in [0.25, 0.3) is 0 Å². The van der Waals surface area contributed by atoms with Gasteiger partial charge in [-0.05, 0) is 12.0 Å². The largest absolute Gasteiger partial charge is 0.298 e. The van der Waals surface area contributed by atoms with Crippen molar-refractivity contribution in [2.24, 2.45) is 0 Å². The molecular formula is C11H12O2S. The van der Waals surface area contributed by atoms with Crippen LogP contribution in [0.1, 0.15) is 22.8 Å². The van der Waals surface area contributed by atoms with Gasteiger partial charge in [0.05, 0.1) is 0 Å². The van der Waals surface area contributed by atoms with Crippen LogP contribution in [0, 0.1) is 0 Å². The van der Waals surface area contributed by atoms with E-state index in [1.54, 1.807) is 19.1 Å². The first-order chi connectivity index (χ1) is 6.72. The fraction of sp³-hybridized carbons (Fsp3) is 0.273. The Morgan fingerprint density at radius 2 is 2.00 bits per heavy atom. The molecule has 0 amide bonds. The Morgan fingerprint density at radius 3 is 2.50 bits per heavy atom. The number of hydrogen-bond acceptors (Lipinski definition) is 3. The monoisotopic (exact) mass is 208 g/mol. The molecule has 0 atom stereocenters. The Bertz CT molecular complexity index is 317. The van der Waals surface area contributed by atoms with Crippen LogP contribution in [0.3, 0.4) is 0 Å². The van der Waals surface area contributed by atoms with Crippen molar-refractivity contribution < 1.29 is 9.59 Å². The standard InChI is InChI=1S/C11H12O2S/c1-9(13)14-7-6-10-2-4-11(8-12)5-3-10/h2-5,8H,6-7H2,1H3. The zero-order valence-corrected chi connectivity index (χ0v) is 8.84. The summed E-state index contributed by atoms with van der Waals surface area (Å²) in [4.78, 5) is 21.0. The second-order valence-corrected chi connectivity index (χ2v) is 4.22. The highest BCUT2D eigenvalue weighted by molar-refractivity contribution is 8.13. The van der Waals surface area contributed by atoms with Gasteiger partial charge in [0.1, 0.15) is 6.29 Å². The van der Waals surface area contributed by atoms with Crippen molar-refractivity contribution in [1.29, 1.82) is 0 Å². The highest BCUT2D eigenvalue weighted by atomic mass is 32.2. The Hall–Kier alpha value is -1.09. The van der Waals surface area contributed by atoms with E-state index < -0.39 is 0 Å². The molecule has 0 spiro atoms. The SMILES string of the molecule is CC(=O)SCCc1ccc(C=O)cc1. The zero-order chi connectivity index (χ0) is 10.4. The molecule has 0 saturated heterocycles. The molecular weight excluding hydrogens is 196 g/mol. The first kappa shape index (κ1) is 11.0. The highest BCUT2D eigenvalue weighted by Gasteiger charge is 1.96. The second-order valence-electron chi connectivity index (χ2n) is 2.95. The molecule has 74 valence electrons. The normalized spacial score (nSPS) is 9.79. The topological polar surface area (TPSA) is 34.1 Å². The summed E-state index contributed by atoms with van der Waals surface area (Å²) in [5.74, 6) is 0.801. The van der Waals surface area contributed by atoms with Gasteiger partial charge >= 0.3 is 0 Å². The van der Waals surface area contributed by atoms with Gasteiger partial charge in [-0.1, -0.05) is 36.0 Å². The molecule has 0 aliphatic rings. The predicted octanol–water partition coefficient (Wildman–Crippen LogP) is 2.32. The molecule has 3 heteroatoms. The summed E-state index contributed by atoms with van der Waals surface area (Å²) < 4.78 is 0. The molecule has 14 heavy (non-hydrogen) atoms. The number of thioether (sulfide) groups is 1. The van der Waals surface area contributed by atoms with Gasteiger partial charge in [0, 0.05) is 18.2 Å². The van der Waals surface area contributed by atoms with Crippen molar-refractivity contribution in [2.75, 3.05) is 5.75 Å². The summed E-state index contributed by atoms with van der Waals surface area (Å²) in [7, 11) is 0. The van der Waals surface area contributed by atoms with E-state index in [2.05, 4.69) is 0 Å². The minimum absolute atomic E-state index is 0.148. The number of benzene rings is 1. The summed E-state index contributed by atoms with van der Waals surface area (Å²) in [6, 6.07) is 7.43. The summed E-state index contributed by atoms with van der Waals surface area (Å²) in [5, 5.41) is 0.148. The maximum absolute atomic E-state index is 10.7. The molecule has 1 rings (SSSR count). The van der Waals surface area contributed by atoms with Crippen molar-refractivity contribution in [3.8, 4) is 0 Å². The quantitative estimate of drug-likeness (QED) is 0.712. The molecule has 0 aliphatic heterocycles. The van der Waals surface area contributed by atoms with Crippen LogP contribution < -0.4 is 0 Å². The lowest BCUT2D eigenvalue weighted by Crippen LogP contribution is -1.92. The Kier molecular flexibility index (Phi) is 4.40. The van der Waals surface area contributed by atoms with Gasteiger partial charge in [-0.2, -0.15) is 0 Å². The van der Waals surface area contributed by atoms with Crippen LogP contribution in [0.15, 0.2) is 24.3 Å². The van der Waals surface area contributed by atoms with Gasteiger partial charge in [-0.3, -0.25) is 9.59 Å². The van der Waals surface area contributed by atoms with Gasteiger partial charge in [-0.25, -0.2) is 0 Å². The molecule has 0 radical (unpaired) electrons. The second kappa shape index (κ2) is 5.60. The maximum atomic E-state index is 10.7. The van der Waals surface area contributed by atoms with Crippen molar-refractivity contribution in [2.45, 2.75) is 13.3 Å². The number of aldehydes is 1. The van der Waals surface area contributed by atoms with E-state index in [1.165, 1.54) is 11.8 Å². The third-order valence-corrected chi connectivity index (χ3v) is 2.63. The molecule has 2 nitrogen and oxygen atoms in total. The van der Waals surface area contributed by atoms with Gasteiger partial charge in [0.2, 0.25) is 0 Å². The number of hydrogen-bond donors (Lipinski definition) is 0. The number of aryl methyl sites for hydroxylation is 1. The van der Waals surface area contributed by atoms with Crippen LogP contribution in [0.5, 0.6) is 0 Å². The average Bonchev–Trinajstić information content (AvgIpc) is 2.18. The summed E-state index contributed by atoms with van der Waals surface area (Å²) >= 11 is 1.33. The fourth-order valence-corrected chi connectivity index (χ4v) is 1.70. The van der Waals surface area contributed by atoms with Crippen molar-refractivity contribution in [3.05, 3.63) is 35.4 Å². The fourth-order valence-electron chi connectivity index (χ4n) is 1.08. The third kappa shape index (κ3) is 3.75. The zero-order valence-electron chi connectivity index (χ0n) is 8.03. The smallest absolute Gasteiger partial charge is 0.185 e. The first-order valence-corrected chi connectivity index (χ1v) is 5.38. The van der Waals surface area contributed by atoms with E-state index in [-0.39, 0.29) is 5.12 Å².